The van der Waals surface area contributed by atoms with E-state index in [1.807, 2.05) is 0 Å². The fraction of sp³-hybridized carbons (Fsp3) is 0.550. The minimum Gasteiger partial charge on any atom is -0.459 e. The van der Waals surface area contributed by atoms with E-state index in [0.29, 0.717) is 0 Å². The molecule has 158 valence electrons. The second-order valence-corrected chi connectivity index (χ2v) is 8.69. The van der Waals surface area contributed by atoms with Gasteiger partial charge in [0, 0.05) is 6.54 Å². The summed E-state index contributed by atoms with van der Waals surface area (Å²) in [5, 5.41) is 7.75. The summed E-state index contributed by atoms with van der Waals surface area (Å²) in [5.41, 5.74) is -1.91. The topological polar surface area (TPSA) is 100 Å². The molecule has 0 amide bonds. The fourth-order valence-electron chi connectivity index (χ4n) is 2.52. The van der Waals surface area contributed by atoms with E-state index in [4.69, 9.17) is 9.47 Å². The van der Waals surface area contributed by atoms with Crippen LogP contribution < -0.4 is 5.56 Å². The number of benzene rings is 1. The number of carbonyl (C=O) groups excluding carboxylic acids is 2. The molecule has 0 aliphatic heterocycles. The molecular weight excluding hydrogens is 381 g/mol. The van der Waals surface area contributed by atoms with Gasteiger partial charge in [-0.2, -0.15) is 0 Å². The summed E-state index contributed by atoms with van der Waals surface area (Å²) in [6.07, 6.45) is -0.0841. The zero-order valence-corrected chi connectivity index (χ0v) is 17.5. The minimum absolute atomic E-state index is 0.0612. The van der Waals surface area contributed by atoms with E-state index in [1.165, 1.54) is 12.1 Å². The molecule has 0 saturated heterocycles. The van der Waals surface area contributed by atoms with Gasteiger partial charge in [0.25, 0.3) is 5.56 Å². The third-order valence-electron chi connectivity index (χ3n) is 3.70. The molecular formula is C20H26FN3O5. The third-order valence-corrected chi connectivity index (χ3v) is 3.70. The lowest BCUT2D eigenvalue weighted by Crippen LogP contribution is -2.38. The Balaban J connectivity index is 2.28. The summed E-state index contributed by atoms with van der Waals surface area (Å²) < 4.78 is 25.1. The Kier molecular flexibility index (Phi) is 6.40. The van der Waals surface area contributed by atoms with Crippen molar-refractivity contribution in [2.75, 3.05) is 0 Å². The molecule has 2 rings (SSSR count). The van der Waals surface area contributed by atoms with Crippen LogP contribution in [0.5, 0.6) is 0 Å². The van der Waals surface area contributed by atoms with E-state index in [2.05, 4.69) is 10.3 Å². The van der Waals surface area contributed by atoms with Gasteiger partial charge in [-0.15, -0.1) is 5.10 Å². The van der Waals surface area contributed by atoms with Gasteiger partial charge in [0.2, 0.25) is 0 Å². The van der Waals surface area contributed by atoms with E-state index >= 15 is 0 Å². The van der Waals surface area contributed by atoms with Crippen LogP contribution in [0.1, 0.15) is 48.0 Å². The zero-order valence-electron chi connectivity index (χ0n) is 17.5. The first-order chi connectivity index (χ1) is 13.3. The Morgan fingerprint density at radius 1 is 1.07 bits per heavy atom. The Labute approximate surface area is 168 Å². The van der Waals surface area contributed by atoms with Crippen LogP contribution in [-0.4, -0.2) is 38.1 Å². The second-order valence-electron chi connectivity index (χ2n) is 8.69. The molecule has 0 radical (unpaired) electrons. The summed E-state index contributed by atoms with van der Waals surface area (Å²) in [6, 6.07) is 3.61. The number of fused-ring (bicyclic) bond motifs is 1. The quantitative estimate of drug-likeness (QED) is 0.555. The predicted molar refractivity (Wildman–Crippen MR) is 104 cm³/mol. The molecule has 0 aliphatic carbocycles. The highest BCUT2D eigenvalue weighted by molar-refractivity contribution is 5.95. The van der Waals surface area contributed by atoms with Gasteiger partial charge in [0.1, 0.15) is 22.5 Å². The van der Waals surface area contributed by atoms with Crippen molar-refractivity contribution in [2.45, 2.75) is 65.7 Å². The van der Waals surface area contributed by atoms with Gasteiger partial charge in [-0.1, -0.05) is 5.21 Å². The number of nitrogens with zero attached hydrogens (tertiary/aromatic N) is 3. The standard InChI is InChI=1S/C20H26FN3O5/c1-19(2,3)28-17(26)13(18(27)29-20(4,5)6)9-10-24-16(25)14-11-12(21)7-8-15(14)22-23-24/h7-8,11,13H,9-10H2,1-6H3. The molecule has 0 fully saturated rings. The molecule has 1 heterocycles. The highest BCUT2D eigenvalue weighted by atomic mass is 19.1. The molecule has 0 N–H and O–H groups in total. The van der Waals surface area contributed by atoms with Crippen LogP contribution in [0.2, 0.25) is 0 Å². The molecule has 1 aromatic heterocycles. The van der Waals surface area contributed by atoms with Crippen LogP contribution in [0.15, 0.2) is 23.0 Å². The van der Waals surface area contributed by atoms with Crippen molar-refractivity contribution < 1.29 is 23.5 Å². The number of hydrogen-bond donors (Lipinski definition) is 0. The van der Waals surface area contributed by atoms with Gasteiger partial charge in [-0.3, -0.25) is 14.4 Å². The summed E-state index contributed by atoms with van der Waals surface area (Å²) in [4.78, 5) is 37.7. The number of esters is 2. The SMILES string of the molecule is CC(C)(C)OC(=O)C(CCn1nnc2ccc(F)cc2c1=O)C(=O)OC(C)(C)C. The Bertz CT molecular complexity index is 945. The van der Waals surface area contributed by atoms with E-state index < -0.39 is 40.4 Å². The van der Waals surface area contributed by atoms with Crippen LogP contribution in [0, 0.1) is 11.7 Å². The second kappa shape index (κ2) is 8.26. The largest absolute Gasteiger partial charge is 0.459 e. The van der Waals surface area contributed by atoms with Crippen molar-refractivity contribution in [2.24, 2.45) is 5.92 Å². The molecule has 0 spiro atoms. The first-order valence-electron chi connectivity index (χ1n) is 9.25. The molecule has 0 atom stereocenters. The number of halogens is 1. The fourth-order valence-corrected chi connectivity index (χ4v) is 2.52. The van der Waals surface area contributed by atoms with Crippen molar-refractivity contribution in [3.8, 4) is 0 Å². The maximum Gasteiger partial charge on any atom is 0.320 e. The highest BCUT2D eigenvalue weighted by Gasteiger charge is 2.34. The Hall–Kier alpha value is -2.84. The molecule has 0 aliphatic rings. The average molecular weight is 407 g/mol. The molecule has 0 unspecified atom stereocenters. The van der Waals surface area contributed by atoms with Crippen LogP contribution in [0.4, 0.5) is 4.39 Å². The predicted octanol–water partition coefficient (Wildman–Crippen LogP) is 2.62. The first kappa shape index (κ1) is 22.4. The summed E-state index contributed by atoms with van der Waals surface area (Å²) in [6.45, 7) is 10.0. The number of ether oxygens (including phenoxy) is 2. The maximum absolute atomic E-state index is 13.5. The lowest BCUT2D eigenvalue weighted by Gasteiger charge is -2.26. The number of carbonyl (C=O) groups is 2. The third kappa shape index (κ3) is 6.33. The average Bonchev–Trinajstić information content (AvgIpc) is 2.54. The molecule has 0 bridgehead atoms. The number of hydrogen-bond acceptors (Lipinski definition) is 7. The first-order valence-corrected chi connectivity index (χ1v) is 9.25. The Morgan fingerprint density at radius 3 is 2.14 bits per heavy atom. The van der Waals surface area contributed by atoms with E-state index in [0.717, 1.165) is 10.7 Å². The number of aromatic nitrogens is 3. The molecule has 9 heteroatoms. The van der Waals surface area contributed by atoms with E-state index in [9.17, 15) is 18.8 Å². The lowest BCUT2D eigenvalue weighted by atomic mass is 10.0. The van der Waals surface area contributed by atoms with Crippen LogP contribution in [0.3, 0.4) is 0 Å². The summed E-state index contributed by atoms with van der Waals surface area (Å²) in [5.74, 6) is -3.32. The van der Waals surface area contributed by atoms with Crippen molar-refractivity contribution in [1.82, 2.24) is 15.0 Å². The lowest BCUT2D eigenvalue weighted by molar-refractivity contribution is -0.174. The molecule has 2 aromatic rings. The van der Waals surface area contributed by atoms with Crippen molar-refractivity contribution in [3.05, 3.63) is 34.4 Å². The molecule has 1 aromatic carbocycles. The maximum atomic E-state index is 13.5. The smallest absolute Gasteiger partial charge is 0.320 e. The molecule has 29 heavy (non-hydrogen) atoms. The van der Waals surface area contributed by atoms with E-state index in [1.54, 1.807) is 41.5 Å². The van der Waals surface area contributed by atoms with Gasteiger partial charge in [0.05, 0.1) is 5.39 Å². The van der Waals surface area contributed by atoms with Crippen molar-refractivity contribution in [3.63, 3.8) is 0 Å². The van der Waals surface area contributed by atoms with Gasteiger partial charge < -0.3 is 9.47 Å². The van der Waals surface area contributed by atoms with Gasteiger partial charge >= 0.3 is 11.9 Å². The number of aryl methyl sites for hydroxylation is 1. The van der Waals surface area contributed by atoms with Crippen LogP contribution in [0.25, 0.3) is 10.9 Å². The monoisotopic (exact) mass is 407 g/mol. The van der Waals surface area contributed by atoms with Crippen LogP contribution >= 0.6 is 0 Å². The minimum atomic E-state index is -1.25. The van der Waals surface area contributed by atoms with Gasteiger partial charge in [-0.25, -0.2) is 9.07 Å². The Morgan fingerprint density at radius 2 is 1.62 bits per heavy atom. The van der Waals surface area contributed by atoms with Crippen molar-refractivity contribution in [1.29, 1.82) is 0 Å². The normalized spacial score (nSPS) is 12.3. The summed E-state index contributed by atoms with van der Waals surface area (Å²) >= 11 is 0. The molecule has 0 saturated carbocycles. The van der Waals surface area contributed by atoms with Crippen LogP contribution in [-0.2, 0) is 25.6 Å². The highest BCUT2D eigenvalue weighted by Crippen LogP contribution is 2.19. The zero-order chi connectivity index (χ0) is 22.0. The van der Waals surface area contributed by atoms with Crippen molar-refractivity contribution >= 4 is 22.8 Å². The van der Waals surface area contributed by atoms with Gasteiger partial charge in [0.15, 0.2) is 5.92 Å². The molecule has 8 nitrogen and oxygen atoms in total. The summed E-state index contributed by atoms with van der Waals surface area (Å²) in [7, 11) is 0. The van der Waals surface area contributed by atoms with E-state index in [-0.39, 0.29) is 23.9 Å². The number of rotatable bonds is 5. The van der Waals surface area contributed by atoms with Gasteiger partial charge in [-0.05, 0) is 66.2 Å².